The van der Waals surface area contributed by atoms with Crippen molar-refractivity contribution >= 4 is 39.7 Å². The molecule has 5 rings (SSSR count). The first-order valence-electron chi connectivity index (χ1n) is 10.9. The Morgan fingerprint density at radius 3 is 2.59 bits per heavy atom. The molecule has 2 aromatic carbocycles. The number of hydrogen-bond donors (Lipinski definition) is 1. The van der Waals surface area contributed by atoms with Crippen molar-refractivity contribution in [2.75, 3.05) is 19.6 Å². The van der Waals surface area contributed by atoms with Crippen LogP contribution in [0.3, 0.4) is 0 Å². The molecule has 0 saturated carbocycles. The number of fused-ring (bicyclic) bond motifs is 1. The number of hydrogen-bond acceptors (Lipinski definition) is 4. The van der Waals surface area contributed by atoms with Gasteiger partial charge in [0.25, 0.3) is 5.91 Å². The van der Waals surface area contributed by atoms with Gasteiger partial charge in [0.2, 0.25) is 0 Å². The fraction of sp³-hybridized carbons (Fsp3) is 0.231. The largest absolute Gasteiger partial charge is 0.350 e. The van der Waals surface area contributed by atoms with Crippen LogP contribution in [-0.2, 0) is 0 Å². The first-order chi connectivity index (χ1) is 15.7. The van der Waals surface area contributed by atoms with Crippen LogP contribution in [0.15, 0.2) is 72.1 Å². The highest BCUT2D eigenvalue weighted by Gasteiger charge is 2.24. The van der Waals surface area contributed by atoms with Gasteiger partial charge in [0.05, 0.1) is 27.7 Å². The van der Waals surface area contributed by atoms with Gasteiger partial charge < -0.3 is 5.32 Å². The molecule has 1 unspecified atom stereocenters. The lowest BCUT2D eigenvalue weighted by Gasteiger charge is -2.28. The summed E-state index contributed by atoms with van der Waals surface area (Å²) in [5, 5.41) is 6.84. The van der Waals surface area contributed by atoms with Crippen molar-refractivity contribution in [2.45, 2.75) is 18.9 Å². The zero-order chi connectivity index (χ0) is 21.9. The maximum Gasteiger partial charge on any atom is 0.252 e. The van der Waals surface area contributed by atoms with E-state index in [0.29, 0.717) is 12.1 Å². The minimum Gasteiger partial charge on any atom is -0.350 e. The normalized spacial score (nSPS) is 15.2. The van der Waals surface area contributed by atoms with Crippen LogP contribution >= 0.6 is 22.9 Å². The average molecular weight is 462 g/mol. The molecule has 1 saturated heterocycles. The molecule has 1 atom stereocenters. The third-order valence-corrected chi connectivity index (χ3v) is 7.17. The number of aromatic nitrogens is 1. The Labute approximate surface area is 196 Å². The summed E-state index contributed by atoms with van der Waals surface area (Å²) in [7, 11) is 0. The van der Waals surface area contributed by atoms with Crippen LogP contribution < -0.4 is 5.32 Å². The van der Waals surface area contributed by atoms with Crippen molar-refractivity contribution in [3.63, 3.8) is 0 Å². The second kappa shape index (κ2) is 9.41. The molecule has 32 heavy (non-hydrogen) atoms. The highest BCUT2D eigenvalue weighted by Crippen LogP contribution is 2.29. The number of likely N-dealkylation sites (tertiary alicyclic amines) is 1. The van der Waals surface area contributed by atoms with E-state index in [1.54, 1.807) is 11.3 Å². The Morgan fingerprint density at radius 2 is 1.84 bits per heavy atom. The predicted molar refractivity (Wildman–Crippen MR) is 132 cm³/mol. The number of rotatable bonds is 6. The summed E-state index contributed by atoms with van der Waals surface area (Å²) in [6.45, 7) is 2.64. The molecule has 2 aromatic heterocycles. The zero-order valence-electron chi connectivity index (χ0n) is 17.6. The third kappa shape index (κ3) is 4.42. The van der Waals surface area contributed by atoms with E-state index in [1.165, 1.54) is 18.4 Å². The summed E-state index contributed by atoms with van der Waals surface area (Å²) in [4.78, 5) is 21.7. The number of carbonyl (C=O) groups is 1. The van der Waals surface area contributed by atoms with Gasteiger partial charge >= 0.3 is 0 Å². The number of benzene rings is 2. The maximum absolute atomic E-state index is 13.4. The monoisotopic (exact) mass is 461 g/mol. The van der Waals surface area contributed by atoms with Crippen LogP contribution in [0, 0.1) is 0 Å². The van der Waals surface area contributed by atoms with E-state index in [4.69, 9.17) is 16.6 Å². The zero-order valence-corrected chi connectivity index (χ0v) is 19.2. The Hall–Kier alpha value is -2.73. The molecule has 4 aromatic rings. The lowest BCUT2D eigenvalue weighted by molar-refractivity contribution is 0.0939. The van der Waals surface area contributed by atoms with Crippen molar-refractivity contribution in [3.8, 4) is 10.6 Å². The standard InChI is InChI=1S/C26H24ClN3OS/c27-19-11-9-18(10-12-19)24(30-13-3-4-14-30)17-28-26(31)21-16-23(25-8-5-15-32-25)29-22-7-2-1-6-20(21)22/h1-2,5-12,15-16,24H,3-4,13-14,17H2,(H,28,31). The third-order valence-electron chi connectivity index (χ3n) is 6.03. The van der Waals surface area contributed by atoms with Gasteiger partial charge in [-0.1, -0.05) is 48.0 Å². The second-order valence-corrected chi connectivity index (χ2v) is 9.45. The van der Waals surface area contributed by atoms with Gasteiger partial charge in [0, 0.05) is 17.0 Å². The molecular formula is C26H24ClN3OS. The fourth-order valence-electron chi connectivity index (χ4n) is 4.39. The Morgan fingerprint density at radius 1 is 1.06 bits per heavy atom. The van der Waals surface area contributed by atoms with E-state index in [1.807, 2.05) is 60.0 Å². The minimum atomic E-state index is -0.0698. The van der Waals surface area contributed by atoms with E-state index >= 15 is 0 Å². The highest BCUT2D eigenvalue weighted by molar-refractivity contribution is 7.13. The molecule has 1 aliphatic rings. The molecule has 6 heteroatoms. The lowest BCUT2D eigenvalue weighted by atomic mass is 10.0. The molecular weight excluding hydrogens is 438 g/mol. The lowest BCUT2D eigenvalue weighted by Crippen LogP contribution is -2.36. The van der Waals surface area contributed by atoms with Crippen molar-refractivity contribution in [1.82, 2.24) is 15.2 Å². The maximum atomic E-state index is 13.4. The van der Waals surface area contributed by atoms with Crippen LogP contribution in [0.5, 0.6) is 0 Å². The molecule has 1 fully saturated rings. The molecule has 3 heterocycles. The number of halogens is 1. The van der Waals surface area contributed by atoms with Crippen molar-refractivity contribution < 1.29 is 4.79 Å². The van der Waals surface area contributed by atoms with Gasteiger partial charge in [0.15, 0.2) is 0 Å². The molecule has 1 N–H and O–H groups in total. The second-order valence-electron chi connectivity index (χ2n) is 8.07. The van der Waals surface area contributed by atoms with Crippen molar-refractivity contribution in [3.05, 3.63) is 88.3 Å². The first-order valence-corrected chi connectivity index (χ1v) is 12.2. The molecule has 1 amide bonds. The number of thiophene rings is 1. The van der Waals surface area contributed by atoms with Gasteiger partial charge in [-0.2, -0.15) is 0 Å². The van der Waals surface area contributed by atoms with Gasteiger partial charge in [-0.15, -0.1) is 11.3 Å². The number of nitrogens with zero attached hydrogens (tertiary/aromatic N) is 2. The van der Waals surface area contributed by atoms with Gasteiger partial charge in [-0.25, -0.2) is 4.98 Å². The highest BCUT2D eigenvalue weighted by atomic mass is 35.5. The number of pyridine rings is 1. The number of nitrogens with one attached hydrogen (secondary N) is 1. The van der Waals surface area contributed by atoms with Crippen molar-refractivity contribution in [2.24, 2.45) is 0 Å². The van der Waals surface area contributed by atoms with Crippen LogP contribution in [0.2, 0.25) is 5.02 Å². The Kier molecular flexibility index (Phi) is 6.21. The smallest absolute Gasteiger partial charge is 0.252 e. The van der Waals surface area contributed by atoms with E-state index in [0.717, 1.165) is 39.6 Å². The van der Waals surface area contributed by atoms with E-state index in [2.05, 4.69) is 22.3 Å². The summed E-state index contributed by atoms with van der Waals surface area (Å²) in [6.07, 6.45) is 2.38. The Bertz CT molecular complexity index is 1220. The van der Waals surface area contributed by atoms with Crippen LogP contribution in [0.25, 0.3) is 21.5 Å². The van der Waals surface area contributed by atoms with Crippen molar-refractivity contribution in [1.29, 1.82) is 0 Å². The molecule has 4 nitrogen and oxygen atoms in total. The fourth-order valence-corrected chi connectivity index (χ4v) is 5.21. The SMILES string of the molecule is O=C(NCC(c1ccc(Cl)cc1)N1CCCC1)c1cc(-c2cccs2)nc2ccccc12. The van der Waals surface area contributed by atoms with Crippen LogP contribution in [-0.4, -0.2) is 35.4 Å². The summed E-state index contributed by atoms with van der Waals surface area (Å²) in [5.74, 6) is -0.0698. The number of carbonyl (C=O) groups excluding carboxylic acids is 1. The molecule has 1 aliphatic heterocycles. The minimum absolute atomic E-state index is 0.0698. The summed E-state index contributed by atoms with van der Waals surface area (Å²) in [5.41, 5.74) is 3.50. The Balaban J connectivity index is 1.44. The summed E-state index contributed by atoms with van der Waals surface area (Å²) >= 11 is 7.73. The quantitative estimate of drug-likeness (QED) is 0.372. The van der Waals surface area contributed by atoms with Gasteiger partial charge in [0.1, 0.15) is 0 Å². The molecule has 0 spiro atoms. The van der Waals surface area contributed by atoms with Gasteiger partial charge in [-0.3, -0.25) is 9.69 Å². The van der Waals surface area contributed by atoms with E-state index in [-0.39, 0.29) is 11.9 Å². The van der Waals surface area contributed by atoms with Crippen LogP contribution in [0.1, 0.15) is 34.8 Å². The first kappa shape index (κ1) is 21.1. The van der Waals surface area contributed by atoms with Crippen LogP contribution in [0.4, 0.5) is 0 Å². The summed E-state index contributed by atoms with van der Waals surface area (Å²) in [6, 6.07) is 21.9. The molecule has 0 bridgehead atoms. The van der Waals surface area contributed by atoms with Gasteiger partial charge in [-0.05, 0) is 67.2 Å². The van der Waals surface area contributed by atoms with E-state index < -0.39 is 0 Å². The predicted octanol–water partition coefficient (Wildman–Crippen LogP) is 6.18. The number of para-hydroxylation sites is 1. The average Bonchev–Trinajstić information content (AvgIpc) is 3.54. The molecule has 0 aliphatic carbocycles. The molecule has 0 radical (unpaired) electrons. The molecule has 162 valence electrons. The summed E-state index contributed by atoms with van der Waals surface area (Å²) < 4.78 is 0. The van der Waals surface area contributed by atoms with E-state index in [9.17, 15) is 4.79 Å². The topological polar surface area (TPSA) is 45.2 Å². The number of amides is 1.